The standard InChI is InChI=1S/C13H16FIN2O4/c1-12(2)20-9-7(5-13(14,6-15)10(9)21-12)17-4-3-8(18)16-11(17)19/h3-4,7,9-10H,5-6H2,1-2H3,(H,16,18,19)/t7-,9+,10+,13?/m1/s1. The fraction of sp³-hybridized carbons (Fsp3) is 0.692. The van der Waals surface area contributed by atoms with Crippen LogP contribution < -0.4 is 11.2 Å². The van der Waals surface area contributed by atoms with Crippen LogP contribution in [0.25, 0.3) is 0 Å². The first kappa shape index (κ1) is 15.2. The van der Waals surface area contributed by atoms with Crippen molar-refractivity contribution in [2.24, 2.45) is 0 Å². The minimum atomic E-state index is -1.56. The number of aromatic nitrogens is 2. The summed E-state index contributed by atoms with van der Waals surface area (Å²) in [6, 6.07) is 0.750. The molecule has 1 N–H and O–H groups in total. The van der Waals surface area contributed by atoms with Gasteiger partial charge in [-0.2, -0.15) is 0 Å². The van der Waals surface area contributed by atoms with Crippen molar-refractivity contribution >= 4 is 22.6 Å². The lowest BCUT2D eigenvalue weighted by atomic mass is 10.1. The Labute approximate surface area is 133 Å². The van der Waals surface area contributed by atoms with Crippen molar-refractivity contribution in [3.8, 4) is 0 Å². The van der Waals surface area contributed by atoms with E-state index in [0.29, 0.717) is 0 Å². The van der Waals surface area contributed by atoms with Crippen LogP contribution in [0.4, 0.5) is 4.39 Å². The summed E-state index contributed by atoms with van der Waals surface area (Å²) in [5.41, 5.74) is -2.59. The molecule has 6 nitrogen and oxygen atoms in total. The molecule has 21 heavy (non-hydrogen) atoms. The molecule has 1 aliphatic heterocycles. The van der Waals surface area contributed by atoms with Crippen molar-refractivity contribution in [3.05, 3.63) is 33.1 Å². The quantitative estimate of drug-likeness (QED) is 0.587. The third-order valence-electron chi connectivity index (χ3n) is 4.00. The molecule has 1 aromatic rings. The van der Waals surface area contributed by atoms with Gasteiger partial charge in [0, 0.05) is 23.1 Å². The van der Waals surface area contributed by atoms with E-state index in [1.807, 2.05) is 22.6 Å². The van der Waals surface area contributed by atoms with Gasteiger partial charge in [0.25, 0.3) is 5.56 Å². The number of nitrogens with one attached hydrogen (secondary N) is 1. The van der Waals surface area contributed by atoms with Crippen LogP contribution in [0, 0.1) is 0 Å². The summed E-state index contributed by atoms with van der Waals surface area (Å²) in [6.45, 7) is 3.46. The van der Waals surface area contributed by atoms with Crippen LogP contribution >= 0.6 is 22.6 Å². The van der Waals surface area contributed by atoms with Crippen LogP contribution in [-0.2, 0) is 9.47 Å². The van der Waals surface area contributed by atoms with Gasteiger partial charge < -0.3 is 9.47 Å². The molecule has 1 unspecified atom stereocenters. The predicted octanol–water partition coefficient (Wildman–Crippen LogP) is 1.14. The SMILES string of the molecule is CC1(C)O[C@H]2[C@H](n3ccc(=O)[nH]c3=O)CC(F)(CI)[C@H]2O1. The normalized spacial score (nSPS) is 37.6. The Morgan fingerprint density at radius 1 is 1.48 bits per heavy atom. The number of hydrogen-bond donors (Lipinski definition) is 1. The van der Waals surface area contributed by atoms with Gasteiger partial charge in [0.1, 0.15) is 12.2 Å². The Bertz CT molecular complexity index is 673. The lowest BCUT2D eigenvalue weighted by Gasteiger charge is -2.26. The molecule has 0 aromatic carbocycles. The Morgan fingerprint density at radius 3 is 2.81 bits per heavy atom. The van der Waals surface area contributed by atoms with E-state index in [2.05, 4.69) is 4.98 Å². The van der Waals surface area contributed by atoms with Crippen molar-refractivity contribution in [1.29, 1.82) is 0 Å². The third-order valence-corrected chi connectivity index (χ3v) is 5.27. The topological polar surface area (TPSA) is 73.3 Å². The summed E-state index contributed by atoms with van der Waals surface area (Å²) >= 11 is 1.98. The number of aromatic amines is 1. The van der Waals surface area contributed by atoms with Crippen LogP contribution in [0.1, 0.15) is 26.3 Å². The molecular formula is C13H16FIN2O4. The first-order valence-corrected chi connectivity index (χ1v) is 8.20. The van der Waals surface area contributed by atoms with Gasteiger partial charge in [0.2, 0.25) is 0 Å². The molecule has 1 aliphatic carbocycles. The van der Waals surface area contributed by atoms with E-state index in [0.717, 1.165) is 0 Å². The number of alkyl halides is 2. The van der Waals surface area contributed by atoms with Crippen molar-refractivity contribution < 1.29 is 13.9 Å². The second-order valence-corrected chi connectivity index (χ2v) is 6.74. The highest BCUT2D eigenvalue weighted by atomic mass is 127. The molecule has 4 atom stereocenters. The summed E-state index contributed by atoms with van der Waals surface area (Å²) in [5.74, 6) is -0.886. The number of halogens is 2. The maximum Gasteiger partial charge on any atom is 0.328 e. The van der Waals surface area contributed by atoms with E-state index in [1.165, 1.54) is 16.8 Å². The molecule has 1 saturated carbocycles. The summed E-state index contributed by atoms with van der Waals surface area (Å²) in [7, 11) is 0. The van der Waals surface area contributed by atoms with Crippen LogP contribution in [0.5, 0.6) is 0 Å². The van der Waals surface area contributed by atoms with Gasteiger partial charge in [0.05, 0.1) is 6.04 Å². The van der Waals surface area contributed by atoms with E-state index in [9.17, 15) is 9.59 Å². The van der Waals surface area contributed by atoms with E-state index >= 15 is 4.39 Å². The number of nitrogens with zero attached hydrogens (tertiary/aromatic N) is 1. The largest absolute Gasteiger partial charge is 0.342 e. The van der Waals surface area contributed by atoms with Crippen LogP contribution in [0.2, 0.25) is 0 Å². The maximum absolute atomic E-state index is 15.1. The van der Waals surface area contributed by atoms with Crippen molar-refractivity contribution in [1.82, 2.24) is 9.55 Å². The zero-order valence-electron chi connectivity index (χ0n) is 11.6. The Hall–Kier alpha value is -0.740. The number of rotatable bonds is 2. The Balaban J connectivity index is 2.04. The van der Waals surface area contributed by atoms with Crippen molar-refractivity contribution in [2.75, 3.05) is 4.43 Å². The molecular weight excluding hydrogens is 394 g/mol. The maximum atomic E-state index is 15.1. The fourth-order valence-electron chi connectivity index (χ4n) is 3.13. The summed E-state index contributed by atoms with van der Waals surface area (Å²) < 4.78 is 28.2. The molecule has 1 aromatic heterocycles. The van der Waals surface area contributed by atoms with Gasteiger partial charge in [-0.05, 0) is 13.8 Å². The van der Waals surface area contributed by atoms with Gasteiger partial charge in [-0.3, -0.25) is 14.3 Å². The summed E-state index contributed by atoms with van der Waals surface area (Å²) in [5, 5.41) is 0. The van der Waals surface area contributed by atoms with Gasteiger partial charge in [0.15, 0.2) is 11.5 Å². The average molecular weight is 410 g/mol. The first-order valence-electron chi connectivity index (χ1n) is 6.68. The van der Waals surface area contributed by atoms with E-state index < -0.39 is 41.0 Å². The second kappa shape index (κ2) is 4.88. The van der Waals surface area contributed by atoms with Crippen molar-refractivity contribution in [3.63, 3.8) is 0 Å². The van der Waals surface area contributed by atoms with Crippen LogP contribution in [0.15, 0.2) is 21.9 Å². The fourth-order valence-corrected chi connectivity index (χ4v) is 3.87. The predicted molar refractivity (Wildman–Crippen MR) is 81.5 cm³/mol. The minimum Gasteiger partial charge on any atom is -0.342 e. The highest BCUT2D eigenvalue weighted by Crippen LogP contribution is 2.50. The molecule has 2 aliphatic rings. The smallest absolute Gasteiger partial charge is 0.328 e. The molecule has 0 radical (unpaired) electrons. The lowest BCUT2D eigenvalue weighted by molar-refractivity contribution is -0.169. The molecule has 116 valence electrons. The number of ether oxygens (including phenoxy) is 2. The van der Waals surface area contributed by atoms with E-state index in [4.69, 9.17) is 9.47 Å². The number of H-pyrrole nitrogens is 1. The number of hydrogen-bond acceptors (Lipinski definition) is 4. The second-order valence-electron chi connectivity index (χ2n) is 5.98. The zero-order valence-corrected chi connectivity index (χ0v) is 13.8. The Morgan fingerprint density at radius 2 is 2.19 bits per heavy atom. The summed E-state index contributed by atoms with van der Waals surface area (Å²) in [4.78, 5) is 25.3. The average Bonchev–Trinajstić information content (AvgIpc) is 2.84. The minimum absolute atomic E-state index is 0.118. The van der Waals surface area contributed by atoms with E-state index in [-0.39, 0.29) is 10.8 Å². The van der Waals surface area contributed by atoms with Crippen molar-refractivity contribution in [2.45, 2.75) is 50.0 Å². The molecule has 2 heterocycles. The highest BCUT2D eigenvalue weighted by Gasteiger charge is 2.62. The van der Waals surface area contributed by atoms with Crippen LogP contribution in [0.3, 0.4) is 0 Å². The third kappa shape index (κ3) is 2.46. The summed E-state index contributed by atoms with van der Waals surface area (Å²) in [6.07, 6.45) is 0.237. The van der Waals surface area contributed by atoms with E-state index in [1.54, 1.807) is 13.8 Å². The Kier molecular flexibility index (Phi) is 3.53. The monoisotopic (exact) mass is 410 g/mol. The first-order chi connectivity index (χ1) is 9.76. The number of fused-ring (bicyclic) bond motifs is 1. The molecule has 0 bridgehead atoms. The molecule has 0 amide bonds. The zero-order chi connectivity index (χ0) is 15.4. The molecule has 2 fully saturated rings. The lowest BCUT2D eigenvalue weighted by Crippen LogP contribution is -2.39. The molecule has 3 rings (SSSR count). The molecule has 1 saturated heterocycles. The molecule has 8 heteroatoms. The molecule has 0 spiro atoms. The van der Waals surface area contributed by atoms with Gasteiger partial charge in [-0.25, -0.2) is 9.18 Å². The van der Waals surface area contributed by atoms with Gasteiger partial charge in [-0.15, -0.1) is 0 Å². The van der Waals surface area contributed by atoms with Gasteiger partial charge in [-0.1, -0.05) is 22.6 Å². The van der Waals surface area contributed by atoms with Gasteiger partial charge >= 0.3 is 5.69 Å². The van der Waals surface area contributed by atoms with Crippen LogP contribution in [-0.4, -0.2) is 37.6 Å². The highest BCUT2D eigenvalue weighted by molar-refractivity contribution is 14.1.